The molecule has 0 fully saturated rings. The zero-order chi connectivity index (χ0) is 9.10. The molecule has 0 saturated carbocycles. The quantitative estimate of drug-likeness (QED) is 0.747. The fraction of sp³-hybridized carbons (Fsp3) is 0.333. The van der Waals surface area contributed by atoms with E-state index in [1.807, 2.05) is 6.07 Å². The van der Waals surface area contributed by atoms with Gasteiger partial charge >= 0.3 is 0 Å². The maximum atomic E-state index is 5.92. The van der Waals surface area contributed by atoms with Crippen LogP contribution in [0.3, 0.4) is 0 Å². The lowest BCUT2D eigenvalue weighted by atomic mass is 10.3. The summed E-state index contributed by atoms with van der Waals surface area (Å²) in [6, 6.07) is 1.85. The van der Waals surface area contributed by atoms with Crippen LogP contribution in [0.5, 0.6) is 0 Å². The molecule has 0 amide bonds. The Balaban J connectivity index is 2.13. The first kappa shape index (κ1) is 8.51. The van der Waals surface area contributed by atoms with Crippen LogP contribution in [0, 0.1) is 0 Å². The molecule has 2 heterocycles. The summed E-state index contributed by atoms with van der Waals surface area (Å²) in [6.45, 7) is 0.922. The van der Waals surface area contributed by atoms with Gasteiger partial charge in [-0.25, -0.2) is 0 Å². The van der Waals surface area contributed by atoms with Crippen LogP contribution in [-0.2, 0) is 0 Å². The Kier molecular flexibility index (Phi) is 2.45. The summed E-state index contributed by atoms with van der Waals surface area (Å²) in [7, 11) is 0. The minimum Gasteiger partial charge on any atom is -0.343 e. The number of amidine groups is 1. The third-order valence-electron chi connectivity index (χ3n) is 1.93. The lowest BCUT2D eigenvalue weighted by Gasteiger charge is -2.06. The molecule has 0 atom stereocenters. The number of aromatic nitrogens is 1. The molecule has 1 aliphatic rings. The van der Waals surface area contributed by atoms with Crippen molar-refractivity contribution in [2.24, 2.45) is 4.99 Å². The molecular formula is C9H10ClN3. The van der Waals surface area contributed by atoms with Gasteiger partial charge in [0.15, 0.2) is 0 Å². The Hall–Kier alpha value is -1.09. The second-order valence-corrected chi connectivity index (χ2v) is 3.32. The van der Waals surface area contributed by atoms with Gasteiger partial charge in [-0.2, -0.15) is 0 Å². The summed E-state index contributed by atoms with van der Waals surface area (Å²) in [6.07, 6.45) is 5.48. The zero-order valence-electron chi connectivity index (χ0n) is 7.13. The topological polar surface area (TPSA) is 37.3 Å². The van der Waals surface area contributed by atoms with E-state index in [1.165, 1.54) is 0 Å². The summed E-state index contributed by atoms with van der Waals surface area (Å²) < 4.78 is 0. The van der Waals surface area contributed by atoms with E-state index < -0.39 is 0 Å². The van der Waals surface area contributed by atoms with Crippen LogP contribution in [-0.4, -0.2) is 17.4 Å². The molecule has 0 unspecified atom stereocenters. The average molecular weight is 196 g/mol. The van der Waals surface area contributed by atoms with E-state index in [-0.39, 0.29) is 0 Å². The third kappa shape index (κ3) is 1.98. The fourth-order valence-corrected chi connectivity index (χ4v) is 1.44. The summed E-state index contributed by atoms with van der Waals surface area (Å²) >= 11 is 5.92. The minimum absolute atomic E-state index is 0.636. The molecule has 0 radical (unpaired) electrons. The van der Waals surface area contributed by atoms with Crippen molar-refractivity contribution < 1.29 is 0 Å². The van der Waals surface area contributed by atoms with E-state index in [1.54, 1.807) is 12.4 Å². The summed E-state index contributed by atoms with van der Waals surface area (Å²) in [4.78, 5) is 8.21. The van der Waals surface area contributed by atoms with E-state index in [4.69, 9.17) is 11.6 Å². The highest BCUT2D eigenvalue weighted by atomic mass is 35.5. The highest BCUT2D eigenvalue weighted by molar-refractivity contribution is 6.33. The Morgan fingerprint density at radius 3 is 3.08 bits per heavy atom. The first-order chi connectivity index (χ1) is 6.36. The molecule has 3 nitrogen and oxygen atoms in total. The van der Waals surface area contributed by atoms with Gasteiger partial charge in [0.05, 0.1) is 10.7 Å². The molecule has 1 aromatic heterocycles. The van der Waals surface area contributed by atoms with Gasteiger partial charge < -0.3 is 5.32 Å². The number of halogens is 1. The second kappa shape index (κ2) is 3.75. The maximum Gasteiger partial charge on any atom is 0.101 e. The lowest BCUT2D eigenvalue weighted by molar-refractivity contribution is 0.951. The van der Waals surface area contributed by atoms with Gasteiger partial charge in [-0.1, -0.05) is 11.6 Å². The molecule has 0 saturated heterocycles. The van der Waals surface area contributed by atoms with Crippen LogP contribution >= 0.6 is 11.6 Å². The molecule has 0 spiro atoms. The van der Waals surface area contributed by atoms with Crippen LogP contribution in [0.25, 0.3) is 0 Å². The summed E-state index contributed by atoms with van der Waals surface area (Å²) in [5.41, 5.74) is 0.886. The third-order valence-corrected chi connectivity index (χ3v) is 2.23. The number of aliphatic imine (C=N–C) groups is 1. The van der Waals surface area contributed by atoms with Gasteiger partial charge in [-0.05, 0) is 12.5 Å². The molecular weight excluding hydrogens is 186 g/mol. The van der Waals surface area contributed by atoms with Crippen molar-refractivity contribution in [2.45, 2.75) is 12.8 Å². The van der Waals surface area contributed by atoms with Gasteiger partial charge in [-0.15, -0.1) is 0 Å². The molecule has 0 aromatic carbocycles. The Morgan fingerprint density at radius 1 is 1.46 bits per heavy atom. The summed E-state index contributed by atoms with van der Waals surface area (Å²) in [5, 5.41) is 3.82. The molecule has 1 N–H and O–H groups in total. The van der Waals surface area contributed by atoms with Crippen molar-refractivity contribution >= 4 is 23.1 Å². The second-order valence-electron chi connectivity index (χ2n) is 2.91. The number of hydrogen-bond donors (Lipinski definition) is 1. The van der Waals surface area contributed by atoms with E-state index in [0.29, 0.717) is 5.02 Å². The molecule has 13 heavy (non-hydrogen) atoms. The summed E-state index contributed by atoms with van der Waals surface area (Å²) in [5.74, 6) is 1.02. The predicted molar refractivity (Wildman–Crippen MR) is 54.4 cm³/mol. The van der Waals surface area contributed by atoms with Crippen molar-refractivity contribution in [3.63, 3.8) is 0 Å². The highest BCUT2D eigenvalue weighted by Gasteiger charge is 2.07. The van der Waals surface area contributed by atoms with Gasteiger partial charge in [0.2, 0.25) is 0 Å². The number of nitrogens with one attached hydrogen (secondary N) is 1. The van der Waals surface area contributed by atoms with Crippen LogP contribution in [0.4, 0.5) is 5.69 Å². The van der Waals surface area contributed by atoms with Crippen LogP contribution < -0.4 is 5.32 Å². The number of anilines is 1. The van der Waals surface area contributed by atoms with Crippen LogP contribution in [0.1, 0.15) is 12.8 Å². The molecule has 1 aliphatic heterocycles. The molecule has 0 aliphatic carbocycles. The van der Waals surface area contributed by atoms with Crippen LogP contribution in [0.15, 0.2) is 23.5 Å². The largest absolute Gasteiger partial charge is 0.343 e. The molecule has 4 heteroatoms. The molecule has 68 valence electrons. The highest BCUT2D eigenvalue weighted by Crippen LogP contribution is 2.20. The number of nitrogens with zero attached hydrogens (tertiary/aromatic N) is 2. The minimum atomic E-state index is 0.636. The first-order valence-corrected chi connectivity index (χ1v) is 4.64. The van der Waals surface area contributed by atoms with Gasteiger partial charge in [-0.3, -0.25) is 9.98 Å². The van der Waals surface area contributed by atoms with Crippen molar-refractivity contribution in [1.82, 2.24) is 4.98 Å². The normalized spacial score (nSPS) is 15.6. The molecule has 1 aromatic rings. The zero-order valence-corrected chi connectivity index (χ0v) is 7.88. The van der Waals surface area contributed by atoms with E-state index in [9.17, 15) is 0 Å². The van der Waals surface area contributed by atoms with E-state index in [0.717, 1.165) is 30.9 Å². The van der Waals surface area contributed by atoms with Crippen molar-refractivity contribution in [3.8, 4) is 0 Å². The van der Waals surface area contributed by atoms with Gasteiger partial charge in [0, 0.05) is 25.4 Å². The Labute approximate surface area is 81.9 Å². The van der Waals surface area contributed by atoms with Gasteiger partial charge in [0.1, 0.15) is 5.84 Å². The Morgan fingerprint density at radius 2 is 2.38 bits per heavy atom. The van der Waals surface area contributed by atoms with E-state index >= 15 is 0 Å². The Bertz CT molecular complexity index is 335. The first-order valence-electron chi connectivity index (χ1n) is 4.26. The lowest BCUT2D eigenvalue weighted by Crippen LogP contribution is -2.08. The monoisotopic (exact) mass is 195 g/mol. The fourth-order valence-electron chi connectivity index (χ4n) is 1.27. The van der Waals surface area contributed by atoms with E-state index in [2.05, 4.69) is 15.3 Å². The van der Waals surface area contributed by atoms with Gasteiger partial charge in [0.25, 0.3) is 0 Å². The number of hydrogen-bond acceptors (Lipinski definition) is 3. The molecule has 2 rings (SSSR count). The van der Waals surface area contributed by atoms with Crippen molar-refractivity contribution in [3.05, 3.63) is 23.5 Å². The predicted octanol–water partition coefficient (Wildman–Crippen LogP) is 2.34. The maximum absolute atomic E-state index is 5.92. The standard InChI is InChI=1S/C9H10ClN3/c10-7-6-11-5-3-8(7)13-9-2-1-4-12-9/h3,5-6H,1-2,4H2,(H,11,12,13). The van der Waals surface area contributed by atoms with Crippen LogP contribution in [0.2, 0.25) is 5.02 Å². The number of pyridine rings is 1. The number of rotatable bonds is 1. The average Bonchev–Trinajstić information content (AvgIpc) is 2.61. The molecule has 0 bridgehead atoms. The smallest absolute Gasteiger partial charge is 0.101 e. The van der Waals surface area contributed by atoms with Crippen molar-refractivity contribution in [2.75, 3.05) is 11.9 Å². The SMILES string of the molecule is Clc1cnccc1NC1=NCCC1. The van der Waals surface area contributed by atoms with Crippen molar-refractivity contribution in [1.29, 1.82) is 0 Å².